The summed E-state index contributed by atoms with van der Waals surface area (Å²) >= 11 is 3.38. The zero-order valence-corrected chi connectivity index (χ0v) is 10.3. The third-order valence-corrected chi connectivity index (χ3v) is 2.74. The summed E-state index contributed by atoms with van der Waals surface area (Å²) in [6.07, 6.45) is 0. The van der Waals surface area contributed by atoms with Gasteiger partial charge in [0.15, 0.2) is 0 Å². The van der Waals surface area contributed by atoms with Gasteiger partial charge >= 0.3 is 0 Å². The van der Waals surface area contributed by atoms with Gasteiger partial charge in [-0.25, -0.2) is 0 Å². The second-order valence-electron chi connectivity index (χ2n) is 3.40. The minimum Gasteiger partial charge on any atom is -0.457 e. The van der Waals surface area contributed by atoms with Gasteiger partial charge in [0.2, 0.25) is 0 Å². The Hall–Kier alpha value is -1.32. The van der Waals surface area contributed by atoms with Crippen LogP contribution < -0.4 is 10.5 Å². The highest BCUT2D eigenvalue weighted by molar-refractivity contribution is 9.10. The Morgan fingerprint density at radius 1 is 0.875 bits per heavy atom. The van der Waals surface area contributed by atoms with Gasteiger partial charge in [0, 0.05) is 11.0 Å². The number of hydrogen-bond acceptors (Lipinski definition) is 2. The summed E-state index contributed by atoms with van der Waals surface area (Å²) in [6.45, 7) is 0.554. The van der Waals surface area contributed by atoms with Crippen molar-refractivity contribution < 1.29 is 4.74 Å². The summed E-state index contributed by atoms with van der Waals surface area (Å²) in [5.74, 6) is 1.64. The highest BCUT2D eigenvalue weighted by Crippen LogP contribution is 2.23. The van der Waals surface area contributed by atoms with Crippen molar-refractivity contribution in [3.8, 4) is 11.5 Å². The summed E-state index contributed by atoms with van der Waals surface area (Å²) in [5, 5.41) is 0. The molecule has 0 radical (unpaired) electrons. The maximum atomic E-state index is 5.67. The lowest BCUT2D eigenvalue weighted by molar-refractivity contribution is 0.482. The number of hydrogen-bond donors (Lipinski definition) is 1. The molecule has 0 fully saturated rings. The summed E-state index contributed by atoms with van der Waals surface area (Å²) in [7, 11) is 0. The van der Waals surface area contributed by atoms with Crippen molar-refractivity contribution in [3.63, 3.8) is 0 Å². The first-order valence-corrected chi connectivity index (χ1v) is 5.79. The van der Waals surface area contributed by atoms with E-state index in [4.69, 9.17) is 10.5 Å². The predicted octanol–water partition coefficient (Wildman–Crippen LogP) is 3.70. The predicted molar refractivity (Wildman–Crippen MR) is 68.5 cm³/mol. The molecule has 0 aliphatic rings. The van der Waals surface area contributed by atoms with Crippen LogP contribution in [0.3, 0.4) is 0 Å². The Morgan fingerprint density at radius 3 is 1.88 bits per heavy atom. The maximum absolute atomic E-state index is 5.67. The molecule has 0 unspecified atom stereocenters. The molecule has 0 heterocycles. The van der Waals surface area contributed by atoms with Gasteiger partial charge < -0.3 is 10.5 Å². The van der Waals surface area contributed by atoms with E-state index in [-0.39, 0.29) is 0 Å². The molecular weight excluding hydrogens is 266 g/mol. The molecule has 2 N–H and O–H groups in total. The molecule has 0 bridgehead atoms. The van der Waals surface area contributed by atoms with Crippen LogP contribution in [0.1, 0.15) is 5.56 Å². The Balaban J connectivity index is 2.11. The number of benzene rings is 2. The summed E-state index contributed by atoms with van der Waals surface area (Å²) in [4.78, 5) is 0. The Morgan fingerprint density at radius 2 is 1.38 bits per heavy atom. The van der Waals surface area contributed by atoms with Crippen molar-refractivity contribution >= 4 is 15.9 Å². The van der Waals surface area contributed by atoms with Crippen LogP contribution in [-0.2, 0) is 6.54 Å². The summed E-state index contributed by atoms with van der Waals surface area (Å²) in [6, 6.07) is 15.5. The smallest absolute Gasteiger partial charge is 0.127 e. The van der Waals surface area contributed by atoms with Crippen molar-refractivity contribution in [2.45, 2.75) is 6.54 Å². The van der Waals surface area contributed by atoms with E-state index in [0.717, 1.165) is 21.5 Å². The van der Waals surface area contributed by atoms with Gasteiger partial charge in [-0.05, 0) is 42.0 Å². The lowest BCUT2D eigenvalue weighted by atomic mass is 10.2. The van der Waals surface area contributed by atoms with Gasteiger partial charge in [0.25, 0.3) is 0 Å². The number of halogens is 1. The minimum atomic E-state index is 0.554. The van der Waals surface area contributed by atoms with Crippen LogP contribution in [0, 0.1) is 0 Å². The number of nitrogens with two attached hydrogens (primary N) is 1. The van der Waals surface area contributed by atoms with E-state index in [1.165, 1.54) is 0 Å². The maximum Gasteiger partial charge on any atom is 0.127 e. The van der Waals surface area contributed by atoms with Crippen molar-refractivity contribution in [2.24, 2.45) is 5.73 Å². The molecule has 2 rings (SSSR count). The molecular formula is C13H12BrNO. The Labute approximate surface area is 103 Å². The largest absolute Gasteiger partial charge is 0.457 e. The molecule has 82 valence electrons. The van der Waals surface area contributed by atoms with Crippen LogP contribution in [0.2, 0.25) is 0 Å². The van der Waals surface area contributed by atoms with E-state index < -0.39 is 0 Å². The second-order valence-corrected chi connectivity index (χ2v) is 4.32. The average Bonchev–Trinajstić information content (AvgIpc) is 2.33. The van der Waals surface area contributed by atoms with Crippen LogP contribution >= 0.6 is 15.9 Å². The summed E-state index contributed by atoms with van der Waals surface area (Å²) in [5.41, 5.74) is 6.62. The summed E-state index contributed by atoms with van der Waals surface area (Å²) < 4.78 is 6.71. The van der Waals surface area contributed by atoms with Crippen LogP contribution in [0.4, 0.5) is 0 Å². The monoisotopic (exact) mass is 277 g/mol. The normalized spacial score (nSPS) is 10.1. The number of rotatable bonds is 3. The first-order chi connectivity index (χ1) is 7.78. The van der Waals surface area contributed by atoms with Crippen LogP contribution in [0.25, 0.3) is 0 Å². The fourth-order valence-electron chi connectivity index (χ4n) is 1.33. The lowest BCUT2D eigenvalue weighted by Crippen LogP contribution is -1.95. The highest BCUT2D eigenvalue weighted by Gasteiger charge is 1.97. The fraction of sp³-hybridized carbons (Fsp3) is 0.0769. The molecule has 0 aliphatic carbocycles. The van der Waals surface area contributed by atoms with Gasteiger partial charge in [0.1, 0.15) is 11.5 Å². The van der Waals surface area contributed by atoms with E-state index in [1.54, 1.807) is 0 Å². The molecule has 0 spiro atoms. The fourth-order valence-corrected chi connectivity index (χ4v) is 1.60. The van der Waals surface area contributed by atoms with E-state index in [2.05, 4.69) is 15.9 Å². The van der Waals surface area contributed by atoms with E-state index in [9.17, 15) is 0 Å². The minimum absolute atomic E-state index is 0.554. The average molecular weight is 278 g/mol. The highest BCUT2D eigenvalue weighted by atomic mass is 79.9. The molecule has 16 heavy (non-hydrogen) atoms. The number of ether oxygens (including phenoxy) is 1. The van der Waals surface area contributed by atoms with Crippen LogP contribution in [0.5, 0.6) is 11.5 Å². The van der Waals surface area contributed by atoms with Crippen molar-refractivity contribution in [1.29, 1.82) is 0 Å². The van der Waals surface area contributed by atoms with E-state index in [1.807, 2.05) is 48.5 Å². The molecule has 0 saturated carbocycles. The molecule has 0 aromatic heterocycles. The zero-order chi connectivity index (χ0) is 11.4. The van der Waals surface area contributed by atoms with Crippen molar-refractivity contribution in [3.05, 3.63) is 58.6 Å². The van der Waals surface area contributed by atoms with E-state index in [0.29, 0.717) is 6.54 Å². The molecule has 0 saturated heterocycles. The molecule has 2 nitrogen and oxygen atoms in total. The Kier molecular flexibility index (Phi) is 3.59. The van der Waals surface area contributed by atoms with Gasteiger partial charge in [-0.1, -0.05) is 28.1 Å². The van der Waals surface area contributed by atoms with Gasteiger partial charge in [-0.2, -0.15) is 0 Å². The quantitative estimate of drug-likeness (QED) is 0.929. The zero-order valence-electron chi connectivity index (χ0n) is 8.69. The third kappa shape index (κ3) is 2.84. The van der Waals surface area contributed by atoms with Gasteiger partial charge in [0.05, 0.1) is 0 Å². The topological polar surface area (TPSA) is 35.2 Å². The first-order valence-electron chi connectivity index (χ1n) is 5.00. The van der Waals surface area contributed by atoms with Crippen LogP contribution in [-0.4, -0.2) is 0 Å². The first kappa shape index (κ1) is 11.2. The lowest BCUT2D eigenvalue weighted by Gasteiger charge is -2.06. The van der Waals surface area contributed by atoms with E-state index >= 15 is 0 Å². The SMILES string of the molecule is NCc1ccc(Oc2ccc(Br)cc2)cc1. The Bertz CT molecular complexity index is 450. The standard InChI is InChI=1S/C13H12BrNO/c14-11-3-7-13(8-4-11)16-12-5-1-10(9-15)2-6-12/h1-8H,9,15H2. The molecule has 0 atom stereocenters. The second kappa shape index (κ2) is 5.14. The van der Waals surface area contributed by atoms with Gasteiger partial charge in [-0.3, -0.25) is 0 Å². The molecule has 0 amide bonds. The van der Waals surface area contributed by atoms with Crippen molar-refractivity contribution in [1.82, 2.24) is 0 Å². The third-order valence-electron chi connectivity index (χ3n) is 2.21. The molecule has 0 aliphatic heterocycles. The van der Waals surface area contributed by atoms with Gasteiger partial charge in [-0.15, -0.1) is 0 Å². The molecule has 2 aromatic carbocycles. The molecule has 3 heteroatoms. The molecule has 2 aromatic rings. The van der Waals surface area contributed by atoms with Crippen molar-refractivity contribution in [2.75, 3.05) is 0 Å². The van der Waals surface area contributed by atoms with Crippen LogP contribution in [0.15, 0.2) is 53.0 Å².